The van der Waals surface area contributed by atoms with Gasteiger partial charge in [0, 0.05) is 18.3 Å². The molecule has 1 N–H and O–H groups in total. The van der Waals surface area contributed by atoms with Crippen molar-refractivity contribution in [2.75, 3.05) is 6.54 Å². The number of hydrogen-bond donors (Lipinski definition) is 1. The molecule has 0 atom stereocenters. The van der Waals surface area contributed by atoms with Crippen LogP contribution in [0.5, 0.6) is 5.75 Å². The molecule has 1 aromatic heterocycles. The van der Waals surface area contributed by atoms with Gasteiger partial charge < -0.3 is 10.1 Å². The van der Waals surface area contributed by atoms with E-state index in [0.29, 0.717) is 5.92 Å². The number of pyridine rings is 1. The van der Waals surface area contributed by atoms with Gasteiger partial charge in [0.1, 0.15) is 11.4 Å². The third-order valence-corrected chi connectivity index (χ3v) is 2.98. The molecular weight excluding hydrogens is 224 g/mol. The average Bonchev–Trinajstić information content (AvgIpc) is 2.30. The number of ether oxygens (including phenoxy) is 1. The second-order valence-electron chi connectivity index (χ2n) is 5.72. The molecule has 0 spiro atoms. The fourth-order valence-electron chi connectivity index (χ4n) is 1.51. The van der Waals surface area contributed by atoms with Crippen molar-refractivity contribution in [3.05, 3.63) is 24.0 Å². The predicted molar refractivity (Wildman–Crippen MR) is 75.8 cm³/mol. The first kappa shape index (κ1) is 15.0. The van der Waals surface area contributed by atoms with Crippen LogP contribution in [0, 0.1) is 5.92 Å². The van der Waals surface area contributed by atoms with Crippen LogP contribution in [0.4, 0.5) is 0 Å². The highest BCUT2D eigenvalue weighted by atomic mass is 16.5. The first-order valence-electron chi connectivity index (χ1n) is 6.77. The summed E-state index contributed by atoms with van der Waals surface area (Å²) in [5, 5.41) is 3.44. The largest absolute Gasteiger partial charge is 0.486 e. The van der Waals surface area contributed by atoms with Gasteiger partial charge in [0.2, 0.25) is 0 Å². The molecule has 3 nitrogen and oxygen atoms in total. The molecule has 0 aliphatic carbocycles. The Bertz CT molecular complexity index is 361. The summed E-state index contributed by atoms with van der Waals surface area (Å²) in [5.74, 6) is 1.55. The molecular formula is C15H26N2O. The van der Waals surface area contributed by atoms with Gasteiger partial charge in [-0.25, -0.2) is 0 Å². The third kappa shape index (κ3) is 5.05. The van der Waals surface area contributed by atoms with E-state index < -0.39 is 0 Å². The van der Waals surface area contributed by atoms with Crippen LogP contribution >= 0.6 is 0 Å². The Labute approximate surface area is 111 Å². The van der Waals surface area contributed by atoms with Crippen molar-refractivity contribution in [1.29, 1.82) is 0 Å². The zero-order valence-electron chi connectivity index (χ0n) is 12.3. The van der Waals surface area contributed by atoms with Gasteiger partial charge in [0.25, 0.3) is 0 Å². The van der Waals surface area contributed by atoms with Crippen LogP contribution in [-0.4, -0.2) is 17.1 Å². The summed E-state index contributed by atoms with van der Waals surface area (Å²) in [6, 6.07) is 2.02. The fraction of sp³-hybridized carbons (Fsp3) is 0.667. The Morgan fingerprint density at radius 3 is 2.72 bits per heavy atom. The summed E-state index contributed by atoms with van der Waals surface area (Å²) in [5.41, 5.74) is 1.03. The third-order valence-electron chi connectivity index (χ3n) is 2.98. The SMILES string of the molecule is CCC(C)(C)Oc1cnccc1CNCC(C)C. The Hall–Kier alpha value is -1.09. The molecule has 0 amide bonds. The van der Waals surface area contributed by atoms with Crippen molar-refractivity contribution in [2.24, 2.45) is 5.92 Å². The van der Waals surface area contributed by atoms with Gasteiger partial charge in [-0.15, -0.1) is 0 Å². The van der Waals surface area contributed by atoms with E-state index in [9.17, 15) is 0 Å². The van der Waals surface area contributed by atoms with Crippen LogP contribution in [0.1, 0.15) is 46.6 Å². The Balaban J connectivity index is 2.67. The van der Waals surface area contributed by atoms with Gasteiger partial charge in [-0.05, 0) is 38.8 Å². The van der Waals surface area contributed by atoms with Gasteiger partial charge in [-0.3, -0.25) is 4.98 Å². The van der Waals surface area contributed by atoms with Crippen LogP contribution in [0.3, 0.4) is 0 Å². The molecule has 0 aromatic carbocycles. The minimum Gasteiger partial charge on any atom is -0.486 e. The van der Waals surface area contributed by atoms with E-state index in [2.05, 4.69) is 44.9 Å². The van der Waals surface area contributed by atoms with Gasteiger partial charge in [0.05, 0.1) is 6.20 Å². The van der Waals surface area contributed by atoms with Crippen LogP contribution in [0.25, 0.3) is 0 Å². The maximum absolute atomic E-state index is 6.04. The molecule has 0 aliphatic rings. The first-order valence-corrected chi connectivity index (χ1v) is 6.77. The molecule has 18 heavy (non-hydrogen) atoms. The molecule has 0 unspecified atom stereocenters. The molecule has 1 heterocycles. The lowest BCUT2D eigenvalue weighted by Crippen LogP contribution is -2.28. The number of nitrogens with one attached hydrogen (secondary N) is 1. The molecule has 1 aromatic rings. The van der Waals surface area contributed by atoms with E-state index in [1.807, 2.05) is 18.5 Å². The summed E-state index contributed by atoms with van der Waals surface area (Å²) in [7, 11) is 0. The van der Waals surface area contributed by atoms with E-state index in [0.717, 1.165) is 25.3 Å². The molecule has 0 fully saturated rings. The highest BCUT2D eigenvalue weighted by molar-refractivity contribution is 5.30. The molecule has 0 radical (unpaired) electrons. The van der Waals surface area contributed by atoms with Crippen LogP contribution in [0.15, 0.2) is 18.5 Å². The van der Waals surface area contributed by atoms with Crippen LogP contribution in [0.2, 0.25) is 0 Å². The highest BCUT2D eigenvalue weighted by Gasteiger charge is 2.18. The van der Waals surface area contributed by atoms with E-state index in [4.69, 9.17) is 4.74 Å². The quantitative estimate of drug-likeness (QED) is 0.805. The van der Waals surface area contributed by atoms with Crippen molar-refractivity contribution >= 4 is 0 Å². The standard InChI is InChI=1S/C15H26N2O/c1-6-15(4,5)18-14-11-16-8-7-13(14)10-17-9-12(2)3/h7-8,11-12,17H,6,9-10H2,1-5H3. The van der Waals surface area contributed by atoms with E-state index >= 15 is 0 Å². The van der Waals surface area contributed by atoms with Crippen molar-refractivity contribution < 1.29 is 4.74 Å². The normalized spacial score (nSPS) is 11.9. The van der Waals surface area contributed by atoms with Crippen molar-refractivity contribution in [3.8, 4) is 5.75 Å². The smallest absolute Gasteiger partial charge is 0.142 e. The molecule has 3 heteroatoms. The summed E-state index contributed by atoms with van der Waals surface area (Å²) in [6.45, 7) is 12.6. The molecule has 0 saturated carbocycles. The van der Waals surface area contributed by atoms with Gasteiger partial charge in [0.15, 0.2) is 0 Å². The van der Waals surface area contributed by atoms with Gasteiger partial charge >= 0.3 is 0 Å². The molecule has 102 valence electrons. The maximum Gasteiger partial charge on any atom is 0.142 e. The molecule has 1 rings (SSSR count). The number of rotatable bonds is 7. The van der Waals surface area contributed by atoms with Gasteiger partial charge in [-0.1, -0.05) is 20.8 Å². The van der Waals surface area contributed by atoms with Crippen molar-refractivity contribution in [2.45, 2.75) is 53.2 Å². The Kier molecular flexibility index (Phi) is 5.60. The summed E-state index contributed by atoms with van der Waals surface area (Å²) < 4.78 is 6.04. The van der Waals surface area contributed by atoms with Crippen molar-refractivity contribution in [1.82, 2.24) is 10.3 Å². The van der Waals surface area contributed by atoms with E-state index in [1.54, 1.807) is 0 Å². The number of hydrogen-bond acceptors (Lipinski definition) is 3. The zero-order chi connectivity index (χ0) is 13.6. The second-order valence-corrected chi connectivity index (χ2v) is 5.72. The predicted octanol–water partition coefficient (Wildman–Crippen LogP) is 3.39. The lowest BCUT2D eigenvalue weighted by molar-refractivity contribution is 0.103. The minimum absolute atomic E-state index is 0.143. The average molecular weight is 250 g/mol. The van der Waals surface area contributed by atoms with E-state index in [1.165, 1.54) is 5.56 Å². The summed E-state index contributed by atoms with van der Waals surface area (Å²) in [6.07, 6.45) is 4.60. The van der Waals surface area contributed by atoms with E-state index in [-0.39, 0.29) is 5.60 Å². The first-order chi connectivity index (χ1) is 8.44. The fourth-order valence-corrected chi connectivity index (χ4v) is 1.51. The lowest BCUT2D eigenvalue weighted by atomic mass is 10.1. The molecule has 0 aliphatic heterocycles. The summed E-state index contributed by atoms with van der Waals surface area (Å²) in [4.78, 5) is 4.15. The Morgan fingerprint density at radius 2 is 2.11 bits per heavy atom. The van der Waals surface area contributed by atoms with Crippen molar-refractivity contribution in [3.63, 3.8) is 0 Å². The molecule has 0 bridgehead atoms. The lowest BCUT2D eigenvalue weighted by Gasteiger charge is -2.26. The minimum atomic E-state index is -0.143. The summed E-state index contributed by atoms with van der Waals surface area (Å²) >= 11 is 0. The monoisotopic (exact) mass is 250 g/mol. The second kappa shape index (κ2) is 6.74. The van der Waals surface area contributed by atoms with Crippen LogP contribution in [-0.2, 0) is 6.54 Å². The zero-order valence-corrected chi connectivity index (χ0v) is 12.3. The highest BCUT2D eigenvalue weighted by Crippen LogP contribution is 2.23. The Morgan fingerprint density at radius 1 is 1.39 bits per heavy atom. The maximum atomic E-state index is 6.04. The van der Waals surface area contributed by atoms with Gasteiger partial charge in [-0.2, -0.15) is 0 Å². The van der Waals surface area contributed by atoms with Crippen LogP contribution < -0.4 is 10.1 Å². The molecule has 0 saturated heterocycles. The number of nitrogens with zero attached hydrogens (tertiary/aromatic N) is 1. The number of aromatic nitrogens is 1. The topological polar surface area (TPSA) is 34.1 Å².